The van der Waals surface area contributed by atoms with Crippen molar-refractivity contribution >= 4 is 15.9 Å². The molecule has 2 aromatic rings. The third-order valence-electron chi connectivity index (χ3n) is 7.50. The first-order valence-electron chi connectivity index (χ1n) is 10.9. The highest BCUT2D eigenvalue weighted by atomic mass is 32.2. The molecule has 1 aromatic carbocycles. The standard InChI is InChI=1S/C23H28N4O3S/c1-25-22(28)20-16-26(15-18-6-5-11-24-14-18)17-21(20)23(25)9-12-27(13-10-23)31(29,30)19-7-3-2-4-8-19/h2-8,11,14,20-21H,9-10,12-13,15-17H2,1H3/t20-,21+/m1/s1. The van der Waals surface area contributed by atoms with Crippen LogP contribution in [0.25, 0.3) is 0 Å². The zero-order valence-corrected chi connectivity index (χ0v) is 18.5. The number of carbonyl (C=O) groups excluding carboxylic acids is 1. The summed E-state index contributed by atoms with van der Waals surface area (Å²) < 4.78 is 27.7. The van der Waals surface area contributed by atoms with Gasteiger partial charge in [-0.25, -0.2) is 8.42 Å². The van der Waals surface area contributed by atoms with Gasteiger partial charge in [0.05, 0.1) is 10.8 Å². The highest BCUT2D eigenvalue weighted by Gasteiger charge is 2.60. The minimum atomic E-state index is -3.50. The van der Waals surface area contributed by atoms with E-state index in [1.54, 1.807) is 34.8 Å². The molecule has 8 heteroatoms. The van der Waals surface area contributed by atoms with Crippen LogP contribution in [0.2, 0.25) is 0 Å². The van der Waals surface area contributed by atoms with Gasteiger partial charge in [-0.1, -0.05) is 24.3 Å². The van der Waals surface area contributed by atoms with E-state index in [2.05, 4.69) is 16.0 Å². The van der Waals surface area contributed by atoms with Crippen molar-refractivity contribution in [1.29, 1.82) is 0 Å². The molecule has 1 spiro atoms. The van der Waals surface area contributed by atoms with E-state index in [0.29, 0.717) is 30.8 Å². The van der Waals surface area contributed by atoms with E-state index in [4.69, 9.17) is 0 Å². The molecule has 5 rings (SSSR count). The lowest BCUT2D eigenvalue weighted by Crippen LogP contribution is -2.56. The third kappa shape index (κ3) is 3.37. The van der Waals surface area contributed by atoms with E-state index in [0.717, 1.165) is 25.2 Å². The van der Waals surface area contributed by atoms with Crippen LogP contribution in [0.4, 0.5) is 0 Å². The average Bonchev–Trinajstić information content (AvgIpc) is 3.30. The van der Waals surface area contributed by atoms with Crippen molar-refractivity contribution in [2.24, 2.45) is 11.8 Å². The maximum absolute atomic E-state index is 13.1. The van der Waals surface area contributed by atoms with Crippen LogP contribution in [0, 0.1) is 11.8 Å². The fraction of sp³-hybridized carbons (Fsp3) is 0.478. The molecule has 0 saturated carbocycles. The van der Waals surface area contributed by atoms with Gasteiger partial charge in [-0.05, 0) is 36.6 Å². The molecule has 0 radical (unpaired) electrons. The molecule has 164 valence electrons. The van der Waals surface area contributed by atoms with E-state index in [-0.39, 0.29) is 23.3 Å². The molecule has 2 atom stereocenters. The Labute approximate surface area is 183 Å². The van der Waals surface area contributed by atoms with Gasteiger partial charge in [0.2, 0.25) is 15.9 Å². The molecule has 3 fully saturated rings. The number of piperidine rings is 1. The Morgan fingerprint density at radius 2 is 1.81 bits per heavy atom. The molecule has 0 N–H and O–H groups in total. The molecule has 3 aliphatic heterocycles. The van der Waals surface area contributed by atoms with Crippen LogP contribution < -0.4 is 0 Å². The topological polar surface area (TPSA) is 73.8 Å². The van der Waals surface area contributed by atoms with E-state index >= 15 is 0 Å². The quantitative estimate of drug-likeness (QED) is 0.725. The van der Waals surface area contributed by atoms with Gasteiger partial charge in [-0.15, -0.1) is 0 Å². The van der Waals surface area contributed by atoms with Crippen molar-refractivity contribution in [3.8, 4) is 0 Å². The predicted octanol–water partition coefficient (Wildman–Crippen LogP) is 1.83. The lowest BCUT2D eigenvalue weighted by atomic mass is 9.75. The molecule has 7 nitrogen and oxygen atoms in total. The van der Waals surface area contributed by atoms with E-state index in [1.807, 2.05) is 30.3 Å². The Balaban J connectivity index is 1.33. The molecule has 0 bridgehead atoms. The largest absolute Gasteiger partial charge is 0.339 e. The zero-order valence-electron chi connectivity index (χ0n) is 17.7. The van der Waals surface area contributed by atoms with Crippen molar-refractivity contribution in [1.82, 2.24) is 19.1 Å². The van der Waals surface area contributed by atoms with Gasteiger partial charge >= 0.3 is 0 Å². The summed E-state index contributed by atoms with van der Waals surface area (Å²) in [6.45, 7) is 3.31. The van der Waals surface area contributed by atoms with Crippen LogP contribution in [-0.2, 0) is 21.4 Å². The van der Waals surface area contributed by atoms with Crippen LogP contribution >= 0.6 is 0 Å². The lowest BCUT2D eigenvalue weighted by Gasteiger charge is -2.46. The Bertz CT molecular complexity index is 1050. The Hall–Kier alpha value is -2.29. The maximum Gasteiger partial charge on any atom is 0.243 e. The SMILES string of the molecule is CN1C(=O)[C@@H]2CN(Cc3cccnc3)C[C@@H]2C12CCN(S(=O)(=O)c1ccccc1)CC2. The van der Waals surface area contributed by atoms with Gasteiger partial charge in [0, 0.05) is 63.6 Å². The monoisotopic (exact) mass is 440 g/mol. The van der Waals surface area contributed by atoms with Gasteiger partial charge in [0.25, 0.3) is 0 Å². The first-order valence-corrected chi connectivity index (χ1v) is 12.3. The number of fused-ring (bicyclic) bond motifs is 2. The highest BCUT2D eigenvalue weighted by molar-refractivity contribution is 7.89. The van der Waals surface area contributed by atoms with Crippen molar-refractivity contribution in [2.45, 2.75) is 29.8 Å². The molecule has 0 aliphatic carbocycles. The van der Waals surface area contributed by atoms with Crippen molar-refractivity contribution in [3.63, 3.8) is 0 Å². The van der Waals surface area contributed by atoms with Crippen molar-refractivity contribution < 1.29 is 13.2 Å². The lowest BCUT2D eigenvalue weighted by molar-refractivity contribution is -0.133. The molecule has 1 aromatic heterocycles. The molecule has 1 amide bonds. The van der Waals surface area contributed by atoms with Gasteiger partial charge in [0.15, 0.2) is 0 Å². The second-order valence-corrected chi connectivity index (χ2v) is 10.9. The molecule has 3 saturated heterocycles. The summed E-state index contributed by atoms with van der Waals surface area (Å²) in [4.78, 5) is 21.9. The van der Waals surface area contributed by atoms with Crippen LogP contribution in [-0.4, -0.2) is 72.2 Å². The molecule has 0 unspecified atom stereocenters. The van der Waals surface area contributed by atoms with E-state index < -0.39 is 10.0 Å². The number of likely N-dealkylation sites (tertiary alicyclic amines) is 2. The normalized spacial score (nSPS) is 26.5. The fourth-order valence-corrected chi connectivity index (χ4v) is 7.30. The number of sulfonamides is 1. The number of amides is 1. The first-order chi connectivity index (χ1) is 14.9. The second kappa shape index (κ2) is 7.69. The van der Waals surface area contributed by atoms with Gasteiger partial charge in [0.1, 0.15) is 0 Å². The Kier molecular flexibility index (Phi) is 5.11. The van der Waals surface area contributed by atoms with E-state index in [1.165, 1.54) is 0 Å². The highest BCUT2D eigenvalue weighted by Crippen LogP contribution is 2.49. The minimum absolute atomic E-state index is 0.000970. The Morgan fingerprint density at radius 3 is 2.48 bits per heavy atom. The van der Waals surface area contributed by atoms with Crippen LogP contribution in [0.15, 0.2) is 59.8 Å². The summed E-state index contributed by atoms with van der Waals surface area (Å²) in [7, 11) is -1.59. The number of rotatable bonds is 4. The maximum atomic E-state index is 13.1. The van der Waals surface area contributed by atoms with Crippen LogP contribution in [0.3, 0.4) is 0 Å². The van der Waals surface area contributed by atoms with Crippen LogP contribution in [0.1, 0.15) is 18.4 Å². The number of hydrogen-bond acceptors (Lipinski definition) is 5. The van der Waals surface area contributed by atoms with E-state index in [9.17, 15) is 13.2 Å². The number of aromatic nitrogens is 1. The van der Waals surface area contributed by atoms with Crippen LogP contribution in [0.5, 0.6) is 0 Å². The summed E-state index contributed by atoms with van der Waals surface area (Å²) in [5.41, 5.74) is 0.898. The zero-order chi connectivity index (χ0) is 21.6. The predicted molar refractivity (Wildman–Crippen MR) is 116 cm³/mol. The molecular formula is C23H28N4O3S. The first kappa shape index (κ1) is 20.6. The number of pyridine rings is 1. The number of carbonyl (C=O) groups is 1. The molecular weight excluding hydrogens is 412 g/mol. The van der Waals surface area contributed by atoms with Gasteiger partial charge in [-0.2, -0.15) is 4.31 Å². The summed E-state index contributed by atoms with van der Waals surface area (Å²) in [5, 5.41) is 0. The number of hydrogen-bond donors (Lipinski definition) is 0. The van der Waals surface area contributed by atoms with Gasteiger partial charge < -0.3 is 4.90 Å². The average molecular weight is 441 g/mol. The smallest absolute Gasteiger partial charge is 0.243 e. The summed E-state index contributed by atoms with van der Waals surface area (Å²) in [6.07, 6.45) is 5.02. The summed E-state index contributed by atoms with van der Waals surface area (Å²) in [5.74, 6) is 0.445. The minimum Gasteiger partial charge on any atom is -0.339 e. The number of benzene rings is 1. The third-order valence-corrected chi connectivity index (χ3v) is 9.41. The van der Waals surface area contributed by atoms with Gasteiger partial charge in [-0.3, -0.25) is 14.7 Å². The summed E-state index contributed by atoms with van der Waals surface area (Å²) >= 11 is 0. The number of nitrogens with zero attached hydrogens (tertiary/aromatic N) is 4. The molecule has 3 aliphatic rings. The summed E-state index contributed by atoms with van der Waals surface area (Å²) in [6, 6.07) is 12.6. The van der Waals surface area contributed by atoms with Crippen molar-refractivity contribution in [2.75, 3.05) is 33.2 Å². The second-order valence-electron chi connectivity index (χ2n) is 8.99. The fourth-order valence-electron chi connectivity index (χ4n) is 5.84. The molecule has 31 heavy (non-hydrogen) atoms. The molecule has 4 heterocycles. The van der Waals surface area contributed by atoms with Crippen molar-refractivity contribution in [3.05, 3.63) is 60.4 Å². The Morgan fingerprint density at radius 1 is 1.06 bits per heavy atom.